The maximum Gasteiger partial charge on any atom is 0.417 e. The minimum atomic E-state index is -4.53. The molecule has 1 unspecified atom stereocenters. The molecule has 1 fully saturated rings. The van der Waals surface area contributed by atoms with E-state index < -0.39 is 31.9 Å². The summed E-state index contributed by atoms with van der Waals surface area (Å²) in [6.07, 6.45) is -4.25. The van der Waals surface area contributed by atoms with E-state index in [1.54, 1.807) is 0 Å². The number of amides is 1. The number of aromatic nitrogens is 1. The first-order valence-corrected chi connectivity index (χ1v) is 7.73. The van der Waals surface area contributed by atoms with E-state index in [9.17, 15) is 26.4 Å². The molecule has 0 aromatic carbocycles. The molecular formula is C10H8ClF3N2O3S. The maximum absolute atomic E-state index is 12.4. The molecule has 110 valence electrons. The van der Waals surface area contributed by atoms with Gasteiger partial charge >= 0.3 is 6.18 Å². The number of rotatable bonds is 2. The fourth-order valence-electron chi connectivity index (χ4n) is 1.80. The van der Waals surface area contributed by atoms with Crippen molar-refractivity contribution in [2.75, 3.05) is 11.4 Å². The summed E-state index contributed by atoms with van der Waals surface area (Å²) < 4.78 is 59.4. The SMILES string of the molecule is O=C1CC(S(=O)(=O)Cl)CN1c1ccc(C(F)(F)F)cn1. The summed E-state index contributed by atoms with van der Waals surface area (Å²) in [6, 6.07) is 1.79. The zero-order valence-corrected chi connectivity index (χ0v) is 11.3. The van der Waals surface area contributed by atoms with Gasteiger partial charge in [-0.3, -0.25) is 9.69 Å². The lowest BCUT2D eigenvalue weighted by Gasteiger charge is -2.15. The lowest BCUT2D eigenvalue weighted by molar-refractivity contribution is -0.137. The van der Waals surface area contributed by atoms with Gasteiger partial charge in [-0.05, 0) is 12.1 Å². The Morgan fingerprint density at radius 1 is 1.35 bits per heavy atom. The highest BCUT2D eigenvalue weighted by Crippen LogP contribution is 2.30. The third-order valence-corrected chi connectivity index (χ3v) is 4.71. The number of pyridine rings is 1. The highest BCUT2D eigenvalue weighted by molar-refractivity contribution is 8.14. The number of carbonyl (C=O) groups excluding carboxylic acids is 1. The zero-order valence-electron chi connectivity index (χ0n) is 9.76. The quantitative estimate of drug-likeness (QED) is 0.776. The molecular weight excluding hydrogens is 321 g/mol. The van der Waals surface area contributed by atoms with Gasteiger partial charge in [0.25, 0.3) is 0 Å². The number of anilines is 1. The maximum atomic E-state index is 12.4. The van der Waals surface area contributed by atoms with Gasteiger partial charge < -0.3 is 0 Å². The predicted octanol–water partition coefficient (Wildman–Crippen LogP) is 1.77. The molecule has 2 heterocycles. The third kappa shape index (κ3) is 3.04. The molecule has 10 heteroatoms. The minimum absolute atomic E-state index is 0.0363. The van der Waals surface area contributed by atoms with E-state index in [1.807, 2.05) is 0 Å². The molecule has 1 aromatic heterocycles. The molecule has 0 saturated carbocycles. The largest absolute Gasteiger partial charge is 0.417 e. The standard InChI is InChI=1S/C10H8ClF3N2O3S/c11-20(18,19)7-3-9(17)16(5-7)8-2-1-6(4-15-8)10(12,13)14/h1-2,4,7H,3,5H2. The summed E-state index contributed by atoms with van der Waals surface area (Å²) in [5.41, 5.74) is -0.950. The molecule has 1 atom stereocenters. The van der Waals surface area contributed by atoms with Crippen LogP contribution >= 0.6 is 10.7 Å². The van der Waals surface area contributed by atoms with Crippen molar-refractivity contribution >= 4 is 31.5 Å². The topological polar surface area (TPSA) is 67.3 Å². The molecule has 0 aliphatic carbocycles. The number of carbonyl (C=O) groups is 1. The average molecular weight is 329 g/mol. The van der Waals surface area contributed by atoms with Crippen LogP contribution < -0.4 is 4.90 Å². The van der Waals surface area contributed by atoms with Gasteiger partial charge in [0.15, 0.2) is 0 Å². The first-order chi connectivity index (χ1) is 9.09. The molecule has 1 aliphatic rings. The van der Waals surface area contributed by atoms with Crippen LogP contribution in [-0.4, -0.2) is 31.1 Å². The Balaban J connectivity index is 2.23. The van der Waals surface area contributed by atoms with Crippen molar-refractivity contribution in [3.63, 3.8) is 0 Å². The predicted molar refractivity (Wildman–Crippen MR) is 64.8 cm³/mol. The van der Waals surface area contributed by atoms with E-state index >= 15 is 0 Å². The van der Waals surface area contributed by atoms with Crippen LogP contribution in [0.4, 0.5) is 19.0 Å². The molecule has 1 aromatic rings. The van der Waals surface area contributed by atoms with Crippen LogP contribution in [-0.2, 0) is 20.0 Å². The van der Waals surface area contributed by atoms with Crippen LogP contribution in [0.15, 0.2) is 18.3 Å². The highest BCUT2D eigenvalue weighted by atomic mass is 35.7. The molecule has 0 bridgehead atoms. The average Bonchev–Trinajstić information content (AvgIpc) is 2.70. The second kappa shape index (κ2) is 4.88. The van der Waals surface area contributed by atoms with Gasteiger partial charge in [0, 0.05) is 29.8 Å². The second-order valence-electron chi connectivity index (χ2n) is 4.21. The minimum Gasteiger partial charge on any atom is -0.295 e. The summed E-state index contributed by atoms with van der Waals surface area (Å²) in [5.74, 6) is -0.586. The van der Waals surface area contributed by atoms with E-state index in [-0.39, 0.29) is 18.8 Å². The molecule has 2 rings (SSSR count). The first-order valence-electron chi connectivity index (χ1n) is 5.36. The van der Waals surface area contributed by atoms with E-state index in [1.165, 1.54) is 0 Å². The van der Waals surface area contributed by atoms with Crippen LogP contribution in [0.5, 0.6) is 0 Å². The summed E-state index contributed by atoms with van der Waals surface area (Å²) in [7, 11) is 1.26. The van der Waals surface area contributed by atoms with Crippen molar-refractivity contribution in [1.29, 1.82) is 0 Å². The van der Waals surface area contributed by atoms with Crippen molar-refractivity contribution in [3.8, 4) is 0 Å². The number of hydrogen-bond donors (Lipinski definition) is 0. The number of nitrogens with zero attached hydrogens (tertiary/aromatic N) is 2. The van der Waals surface area contributed by atoms with E-state index in [0.717, 1.165) is 17.0 Å². The smallest absolute Gasteiger partial charge is 0.295 e. The second-order valence-corrected chi connectivity index (χ2v) is 7.12. The fraction of sp³-hybridized carbons (Fsp3) is 0.400. The van der Waals surface area contributed by atoms with E-state index in [4.69, 9.17) is 10.7 Å². The van der Waals surface area contributed by atoms with Crippen LogP contribution in [0.3, 0.4) is 0 Å². The Hall–Kier alpha value is -1.35. The highest BCUT2D eigenvalue weighted by Gasteiger charge is 2.39. The number of halogens is 4. The molecule has 1 aliphatic heterocycles. The Kier molecular flexibility index (Phi) is 3.67. The molecule has 5 nitrogen and oxygen atoms in total. The van der Waals surface area contributed by atoms with Gasteiger partial charge in [0.2, 0.25) is 15.0 Å². The Labute approximate surface area is 116 Å². The van der Waals surface area contributed by atoms with Gasteiger partial charge in [-0.25, -0.2) is 13.4 Å². The first kappa shape index (κ1) is 15.0. The Morgan fingerprint density at radius 3 is 2.40 bits per heavy atom. The van der Waals surface area contributed by atoms with Gasteiger partial charge in [-0.2, -0.15) is 13.2 Å². The van der Waals surface area contributed by atoms with Gasteiger partial charge in [0.1, 0.15) is 11.1 Å². The molecule has 1 amide bonds. The van der Waals surface area contributed by atoms with Crippen molar-refractivity contribution in [2.45, 2.75) is 17.8 Å². The van der Waals surface area contributed by atoms with Crippen LogP contribution in [0.1, 0.15) is 12.0 Å². The van der Waals surface area contributed by atoms with Crippen LogP contribution in [0.2, 0.25) is 0 Å². The monoisotopic (exact) mass is 328 g/mol. The molecule has 1 saturated heterocycles. The summed E-state index contributed by atoms with van der Waals surface area (Å²) in [4.78, 5) is 16.2. The summed E-state index contributed by atoms with van der Waals surface area (Å²) in [6.45, 7) is -0.219. The van der Waals surface area contributed by atoms with Crippen molar-refractivity contribution in [2.24, 2.45) is 0 Å². The van der Waals surface area contributed by atoms with Crippen molar-refractivity contribution < 1.29 is 26.4 Å². The van der Waals surface area contributed by atoms with Crippen LogP contribution in [0.25, 0.3) is 0 Å². The van der Waals surface area contributed by atoms with Crippen LogP contribution in [0, 0.1) is 0 Å². The Bertz CT molecular complexity index is 630. The van der Waals surface area contributed by atoms with Gasteiger partial charge in [0.05, 0.1) is 5.56 Å². The molecule has 0 spiro atoms. The normalized spacial score (nSPS) is 20.5. The van der Waals surface area contributed by atoms with Crippen molar-refractivity contribution in [3.05, 3.63) is 23.9 Å². The Morgan fingerprint density at radius 2 is 2.00 bits per heavy atom. The van der Waals surface area contributed by atoms with Crippen molar-refractivity contribution in [1.82, 2.24) is 4.98 Å². The van der Waals surface area contributed by atoms with Gasteiger partial charge in [-0.1, -0.05) is 0 Å². The van der Waals surface area contributed by atoms with E-state index in [2.05, 4.69) is 4.98 Å². The molecule has 0 N–H and O–H groups in total. The lowest BCUT2D eigenvalue weighted by Crippen LogP contribution is -2.27. The summed E-state index contributed by atoms with van der Waals surface area (Å²) >= 11 is 0. The molecule has 20 heavy (non-hydrogen) atoms. The van der Waals surface area contributed by atoms with Gasteiger partial charge in [-0.15, -0.1) is 0 Å². The summed E-state index contributed by atoms with van der Waals surface area (Å²) in [5, 5.41) is -1.08. The third-order valence-electron chi connectivity index (χ3n) is 2.84. The van der Waals surface area contributed by atoms with E-state index in [0.29, 0.717) is 6.20 Å². The molecule has 0 radical (unpaired) electrons. The number of hydrogen-bond acceptors (Lipinski definition) is 4. The lowest BCUT2D eigenvalue weighted by atomic mass is 10.3. The zero-order chi connectivity index (χ0) is 15.1. The fourth-order valence-corrected chi connectivity index (χ4v) is 2.83. The number of alkyl halides is 3.